The molecule has 9 heavy (non-hydrogen) atoms. The zero-order valence-electron chi connectivity index (χ0n) is 7.12. The summed E-state index contributed by atoms with van der Waals surface area (Å²) < 4.78 is 0. The largest absolute Gasteiger partial charge is 0.0594 e. The maximum absolute atomic E-state index is 2.39. The minimum Gasteiger partial charge on any atom is -0.0594 e. The molecule has 1 saturated carbocycles. The molecule has 0 saturated heterocycles. The number of hydrogen-bond donors (Lipinski definition) is 0. The molecule has 0 aromatic carbocycles. The molecule has 0 aromatic rings. The number of hydrogen-bond acceptors (Lipinski definition) is 0. The van der Waals surface area contributed by atoms with Crippen LogP contribution >= 0.6 is 0 Å². The van der Waals surface area contributed by atoms with Gasteiger partial charge in [-0.05, 0) is 23.7 Å². The zero-order valence-corrected chi connectivity index (χ0v) is 7.12. The van der Waals surface area contributed by atoms with E-state index in [-0.39, 0.29) is 0 Å². The topological polar surface area (TPSA) is 0 Å². The molecule has 0 N–H and O–H groups in total. The van der Waals surface area contributed by atoms with Crippen molar-refractivity contribution in [3.05, 3.63) is 0 Å². The van der Waals surface area contributed by atoms with Gasteiger partial charge in [0.25, 0.3) is 0 Å². The summed E-state index contributed by atoms with van der Waals surface area (Å²) in [6.07, 6.45) is 4.26. The Kier molecular flexibility index (Phi) is 1.38. The van der Waals surface area contributed by atoms with Crippen LogP contribution in [0.5, 0.6) is 0 Å². The fourth-order valence-electron chi connectivity index (χ4n) is 1.65. The van der Waals surface area contributed by atoms with Crippen LogP contribution in [0, 0.1) is 10.8 Å². The Bertz CT molecular complexity index is 95.2. The second-order valence-corrected chi connectivity index (χ2v) is 4.62. The van der Waals surface area contributed by atoms with Gasteiger partial charge in [0.1, 0.15) is 0 Å². The van der Waals surface area contributed by atoms with E-state index >= 15 is 0 Å². The highest BCUT2D eigenvalue weighted by Gasteiger charge is 2.40. The second kappa shape index (κ2) is 1.74. The van der Waals surface area contributed by atoms with E-state index in [0.717, 1.165) is 0 Å². The van der Waals surface area contributed by atoms with Crippen LogP contribution in [0.4, 0.5) is 0 Å². The minimum atomic E-state index is 0.590. The number of rotatable bonds is 0. The first-order chi connectivity index (χ1) is 3.96. The summed E-state index contributed by atoms with van der Waals surface area (Å²) in [5.74, 6) is 0. The van der Waals surface area contributed by atoms with Gasteiger partial charge in [0.05, 0.1) is 0 Å². The fourth-order valence-corrected chi connectivity index (χ4v) is 1.65. The van der Waals surface area contributed by atoms with E-state index in [0.29, 0.717) is 10.8 Å². The standard InChI is InChI=1S/C9H18/c1-8(2)6-5-7-9(8,3)4/h5-7H2,1-4H3. The van der Waals surface area contributed by atoms with Crippen molar-refractivity contribution in [2.24, 2.45) is 10.8 Å². The van der Waals surface area contributed by atoms with Crippen molar-refractivity contribution in [1.82, 2.24) is 0 Å². The quantitative estimate of drug-likeness (QED) is 0.467. The van der Waals surface area contributed by atoms with Crippen LogP contribution in [0.25, 0.3) is 0 Å². The van der Waals surface area contributed by atoms with Gasteiger partial charge in [-0.15, -0.1) is 0 Å². The van der Waals surface area contributed by atoms with E-state index in [2.05, 4.69) is 27.7 Å². The van der Waals surface area contributed by atoms with Crippen molar-refractivity contribution in [2.75, 3.05) is 0 Å². The van der Waals surface area contributed by atoms with E-state index in [9.17, 15) is 0 Å². The first-order valence-corrected chi connectivity index (χ1v) is 3.96. The van der Waals surface area contributed by atoms with Crippen LogP contribution in [0.15, 0.2) is 0 Å². The molecule has 1 fully saturated rings. The van der Waals surface area contributed by atoms with Crippen LogP contribution in [0.3, 0.4) is 0 Å². The monoisotopic (exact) mass is 126 g/mol. The summed E-state index contributed by atoms with van der Waals surface area (Å²) in [4.78, 5) is 0. The van der Waals surface area contributed by atoms with Crippen LogP contribution in [0.2, 0.25) is 0 Å². The summed E-state index contributed by atoms with van der Waals surface area (Å²) in [7, 11) is 0. The molecule has 0 aliphatic heterocycles. The zero-order chi connectivity index (χ0) is 7.12. The summed E-state index contributed by atoms with van der Waals surface area (Å²) >= 11 is 0. The minimum absolute atomic E-state index is 0.590. The van der Waals surface area contributed by atoms with Crippen molar-refractivity contribution in [1.29, 1.82) is 0 Å². The average Bonchev–Trinajstić information content (AvgIpc) is 1.81. The summed E-state index contributed by atoms with van der Waals surface area (Å²) in [5.41, 5.74) is 1.18. The predicted octanol–water partition coefficient (Wildman–Crippen LogP) is 3.22. The molecule has 0 radical (unpaired) electrons. The lowest BCUT2D eigenvalue weighted by Gasteiger charge is -2.34. The Hall–Kier alpha value is 0. The third-order valence-electron chi connectivity index (χ3n) is 3.44. The van der Waals surface area contributed by atoms with Gasteiger partial charge in [0.2, 0.25) is 0 Å². The van der Waals surface area contributed by atoms with Gasteiger partial charge in [0.15, 0.2) is 0 Å². The van der Waals surface area contributed by atoms with Crippen molar-refractivity contribution in [3.63, 3.8) is 0 Å². The van der Waals surface area contributed by atoms with Gasteiger partial charge in [0, 0.05) is 0 Å². The predicted molar refractivity (Wildman–Crippen MR) is 41.4 cm³/mol. The Morgan fingerprint density at radius 1 is 0.778 bits per heavy atom. The molecule has 0 atom stereocenters. The van der Waals surface area contributed by atoms with Crippen LogP contribution in [0.1, 0.15) is 47.0 Å². The lowest BCUT2D eigenvalue weighted by molar-refractivity contribution is 0.157. The molecule has 0 nitrogen and oxygen atoms in total. The van der Waals surface area contributed by atoms with E-state index in [1.165, 1.54) is 19.3 Å². The normalized spacial score (nSPS) is 30.7. The Morgan fingerprint density at radius 2 is 1.11 bits per heavy atom. The third kappa shape index (κ3) is 0.997. The molecule has 1 aliphatic carbocycles. The second-order valence-electron chi connectivity index (χ2n) is 4.62. The van der Waals surface area contributed by atoms with Crippen LogP contribution in [-0.4, -0.2) is 0 Å². The lowest BCUT2D eigenvalue weighted by Crippen LogP contribution is -2.25. The van der Waals surface area contributed by atoms with Crippen molar-refractivity contribution < 1.29 is 0 Å². The van der Waals surface area contributed by atoms with Gasteiger partial charge in [-0.2, -0.15) is 0 Å². The third-order valence-corrected chi connectivity index (χ3v) is 3.44. The smallest absolute Gasteiger partial charge is 0.0303 e. The van der Waals surface area contributed by atoms with Gasteiger partial charge < -0.3 is 0 Å². The first-order valence-electron chi connectivity index (χ1n) is 3.96. The molecule has 54 valence electrons. The molecule has 0 heterocycles. The van der Waals surface area contributed by atoms with Crippen LogP contribution < -0.4 is 0 Å². The van der Waals surface area contributed by atoms with Gasteiger partial charge in [-0.1, -0.05) is 34.1 Å². The van der Waals surface area contributed by atoms with Gasteiger partial charge in [-0.25, -0.2) is 0 Å². The molecular weight excluding hydrogens is 108 g/mol. The molecule has 0 unspecified atom stereocenters. The molecule has 0 amide bonds. The van der Waals surface area contributed by atoms with E-state index in [1.54, 1.807) is 0 Å². The Labute approximate surface area is 58.7 Å². The summed E-state index contributed by atoms with van der Waals surface area (Å²) in [6, 6.07) is 0. The van der Waals surface area contributed by atoms with E-state index in [1.807, 2.05) is 0 Å². The highest BCUT2D eigenvalue weighted by molar-refractivity contribution is 4.91. The Morgan fingerprint density at radius 3 is 1.22 bits per heavy atom. The molecule has 0 heteroatoms. The highest BCUT2D eigenvalue weighted by Crippen LogP contribution is 2.51. The maximum Gasteiger partial charge on any atom is -0.0303 e. The van der Waals surface area contributed by atoms with Crippen molar-refractivity contribution >= 4 is 0 Å². The highest BCUT2D eigenvalue weighted by atomic mass is 14.5. The first kappa shape index (κ1) is 7.11. The SMILES string of the molecule is CC1(C)CCCC1(C)C. The van der Waals surface area contributed by atoms with Crippen molar-refractivity contribution in [2.45, 2.75) is 47.0 Å². The molecule has 0 aromatic heterocycles. The fraction of sp³-hybridized carbons (Fsp3) is 1.00. The molecule has 0 bridgehead atoms. The van der Waals surface area contributed by atoms with E-state index in [4.69, 9.17) is 0 Å². The average molecular weight is 126 g/mol. The lowest BCUT2D eigenvalue weighted by atomic mass is 9.71. The summed E-state index contributed by atoms with van der Waals surface area (Å²) in [6.45, 7) is 9.56. The maximum atomic E-state index is 2.39. The van der Waals surface area contributed by atoms with Crippen molar-refractivity contribution in [3.8, 4) is 0 Å². The van der Waals surface area contributed by atoms with E-state index < -0.39 is 0 Å². The van der Waals surface area contributed by atoms with Crippen LogP contribution in [-0.2, 0) is 0 Å². The molecule has 1 rings (SSSR count). The molecule has 1 aliphatic rings. The Balaban J connectivity index is 2.75. The molecule has 0 spiro atoms. The molecular formula is C9H18. The van der Waals surface area contributed by atoms with Gasteiger partial charge >= 0.3 is 0 Å². The van der Waals surface area contributed by atoms with Gasteiger partial charge in [-0.3, -0.25) is 0 Å². The summed E-state index contributed by atoms with van der Waals surface area (Å²) in [5, 5.41) is 0.